The number of ether oxygens (including phenoxy) is 1. The van der Waals surface area contributed by atoms with E-state index in [0.717, 1.165) is 45.3 Å². The van der Waals surface area contributed by atoms with Crippen molar-refractivity contribution in [2.24, 2.45) is 4.99 Å². The summed E-state index contributed by atoms with van der Waals surface area (Å²) in [6.07, 6.45) is 2.63. The second-order valence-electron chi connectivity index (χ2n) is 7.14. The molecule has 2 aliphatic rings. The molecule has 0 aromatic rings. The van der Waals surface area contributed by atoms with Crippen molar-refractivity contribution in [3.05, 3.63) is 0 Å². The minimum atomic E-state index is -0.0214. The van der Waals surface area contributed by atoms with Gasteiger partial charge in [-0.2, -0.15) is 11.8 Å². The van der Waals surface area contributed by atoms with E-state index in [1.54, 1.807) is 0 Å². The number of nitrogens with one attached hydrogen (secondary N) is 2. The average molecular weight is 456 g/mol. The molecule has 0 amide bonds. The highest BCUT2D eigenvalue weighted by Crippen LogP contribution is 2.36. The van der Waals surface area contributed by atoms with Crippen LogP contribution in [0.3, 0.4) is 0 Å². The van der Waals surface area contributed by atoms with Gasteiger partial charge in [-0.15, -0.1) is 24.0 Å². The SMILES string of the molecule is CN=C(NCCN1CCOC(C)(C)C1)NCC1(C)CCCS1.I. The second kappa shape index (κ2) is 9.68. The van der Waals surface area contributed by atoms with Crippen LogP contribution >= 0.6 is 35.7 Å². The Hall–Kier alpha value is 0.270. The molecule has 136 valence electrons. The molecule has 2 fully saturated rings. The lowest BCUT2D eigenvalue weighted by Crippen LogP contribution is -2.51. The van der Waals surface area contributed by atoms with Crippen LogP contribution in [0.25, 0.3) is 0 Å². The van der Waals surface area contributed by atoms with Crippen LogP contribution in [0, 0.1) is 0 Å². The number of nitrogens with zero attached hydrogens (tertiary/aromatic N) is 2. The molecular formula is C16H33IN4OS. The minimum absolute atomic E-state index is 0. The largest absolute Gasteiger partial charge is 0.373 e. The van der Waals surface area contributed by atoms with E-state index < -0.39 is 0 Å². The van der Waals surface area contributed by atoms with E-state index >= 15 is 0 Å². The van der Waals surface area contributed by atoms with Gasteiger partial charge in [0.15, 0.2) is 5.96 Å². The van der Waals surface area contributed by atoms with Gasteiger partial charge in [0.05, 0.1) is 12.2 Å². The predicted molar refractivity (Wildman–Crippen MR) is 111 cm³/mol. The molecule has 0 radical (unpaired) electrons. The Morgan fingerprint density at radius 3 is 2.70 bits per heavy atom. The first-order valence-corrected chi connectivity index (χ1v) is 9.36. The number of halogens is 1. The molecule has 0 bridgehead atoms. The summed E-state index contributed by atoms with van der Waals surface area (Å²) in [5.41, 5.74) is -0.0214. The Bertz CT molecular complexity index is 386. The Morgan fingerprint density at radius 2 is 2.09 bits per heavy atom. The maximum Gasteiger partial charge on any atom is 0.191 e. The zero-order valence-corrected chi connectivity index (χ0v) is 18.1. The van der Waals surface area contributed by atoms with Crippen LogP contribution in [-0.2, 0) is 4.74 Å². The van der Waals surface area contributed by atoms with Crippen LogP contribution in [0.4, 0.5) is 0 Å². The van der Waals surface area contributed by atoms with E-state index in [0.29, 0.717) is 4.75 Å². The fourth-order valence-electron chi connectivity index (χ4n) is 3.11. The van der Waals surface area contributed by atoms with Gasteiger partial charge >= 0.3 is 0 Å². The Kier molecular flexibility index (Phi) is 8.97. The summed E-state index contributed by atoms with van der Waals surface area (Å²) in [6, 6.07) is 0. The molecule has 2 saturated heterocycles. The van der Waals surface area contributed by atoms with E-state index in [1.807, 2.05) is 7.05 Å². The number of morpholine rings is 1. The molecular weight excluding hydrogens is 423 g/mol. The summed E-state index contributed by atoms with van der Waals surface area (Å²) < 4.78 is 6.12. The van der Waals surface area contributed by atoms with Gasteiger partial charge in [-0.1, -0.05) is 0 Å². The molecule has 5 nitrogen and oxygen atoms in total. The van der Waals surface area contributed by atoms with Crippen LogP contribution in [0.1, 0.15) is 33.6 Å². The second-order valence-corrected chi connectivity index (χ2v) is 8.82. The third-order valence-electron chi connectivity index (χ3n) is 4.38. The highest BCUT2D eigenvalue weighted by molar-refractivity contribution is 14.0. The molecule has 0 spiro atoms. The smallest absolute Gasteiger partial charge is 0.191 e. The van der Waals surface area contributed by atoms with Gasteiger partial charge in [0, 0.05) is 44.5 Å². The first-order chi connectivity index (χ1) is 10.4. The molecule has 2 heterocycles. The molecule has 1 atom stereocenters. The van der Waals surface area contributed by atoms with Gasteiger partial charge in [-0.3, -0.25) is 9.89 Å². The zero-order chi connectivity index (χ0) is 16.1. The van der Waals surface area contributed by atoms with Crippen molar-refractivity contribution in [3.63, 3.8) is 0 Å². The van der Waals surface area contributed by atoms with Crippen molar-refractivity contribution in [2.75, 3.05) is 52.1 Å². The molecule has 0 aliphatic carbocycles. The number of hydrogen-bond acceptors (Lipinski definition) is 4. The van der Waals surface area contributed by atoms with Crippen molar-refractivity contribution >= 4 is 41.7 Å². The molecule has 2 aliphatic heterocycles. The number of aliphatic imine (C=N–C) groups is 1. The lowest BCUT2D eigenvalue weighted by Gasteiger charge is -2.38. The van der Waals surface area contributed by atoms with Crippen molar-refractivity contribution in [1.29, 1.82) is 0 Å². The fraction of sp³-hybridized carbons (Fsp3) is 0.938. The average Bonchev–Trinajstić information content (AvgIpc) is 2.89. The summed E-state index contributed by atoms with van der Waals surface area (Å²) in [5, 5.41) is 6.91. The van der Waals surface area contributed by atoms with E-state index in [4.69, 9.17) is 4.74 Å². The molecule has 23 heavy (non-hydrogen) atoms. The van der Waals surface area contributed by atoms with Gasteiger partial charge < -0.3 is 15.4 Å². The normalized spacial score (nSPS) is 28.3. The van der Waals surface area contributed by atoms with Crippen molar-refractivity contribution in [1.82, 2.24) is 15.5 Å². The maximum absolute atomic E-state index is 5.75. The number of thioether (sulfide) groups is 1. The van der Waals surface area contributed by atoms with Crippen molar-refractivity contribution < 1.29 is 4.74 Å². The maximum atomic E-state index is 5.75. The van der Waals surface area contributed by atoms with Crippen LogP contribution < -0.4 is 10.6 Å². The van der Waals surface area contributed by atoms with E-state index in [9.17, 15) is 0 Å². The molecule has 1 unspecified atom stereocenters. The molecule has 2 rings (SSSR count). The third-order valence-corrected chi connectivity index (χ3v) is 5.92. The Labute approximate surface area is 162 Å². The first-order valence-electron chi connectivity index (χ1n) is 8.37. The van der Waals surface area contributed by atoms with Gasteiger partial charge in [-0.05, 0) is 39.4 Å². The standard InChI is InChI=1S/C16H32N4OS.HI/c1-15(2)13-20(9-10-21-15)8-7-18-14(17-4)19-12-16(3)6-5-11-22-16;/h5-13H2,1-4H3,(H2,17,18,19);1H. The van der Waals surface area contributed by atoms with Crippen molar-refractivity contribution in [2.45, 2.75) is 44.0 Å². The highest BCUT2D eigenvalue weighted by atomic mass is 127. The van der Waals surface area contributed by atoms with Gasteiger partial charge in [0.1, 0.15) is 0 Å². The Morgan fingerprint density at radius 1 is 1.30 bits per heavy atom. The monoisotopic (exact) mass is 456 g/mol. The van der Waals surface area contributed by atoms with Crippen LogP contribution in [0.2, 0.25) is 0 Å². The van der Waals surface area contributed by atoms with Gasteiger partial charge in [-0.25, -0.2) is 0 Å². The predicted octanol–water partition coefficient (Wildman–Crippen LogP) is 2.17. The van der Waals surface area contributed by atoms with Crippen LogP contribution in [0.15, 0.2) is 4.99 Å². The lowest BCUT2D eigenvalue weighted by atomic mass is 10.1. The van der Waals surface area contributed by atoms with Crippen molar-refractivity contribution in [3.8, 4) is 0 Å². The zero-order valence-electron chi connectivity index (χ0n) is 15.0. The summed E-state index contributed by atoms with van der Waals surface area (Å²) in [5.74, 6) is 2.21. The fourth-order valence-corrected chi connectivity index (χ4v) is 4.35. The van der Waals surface area contributed by atoms with Crippen LogP contribution in [0.5, 0.6) is 0 Å². The number of guanidine groups is 1. The van der Waals surface area contributed by atoms with E-state index in [1.165, 1.54) is 18.6 Å². The highest BCUT2D eigenvalue weighted by Gasteiger charge is 2.29. The molecule has 7 heteroatoms. The molecule has 0 saturated carbocycles. The number of rotatable bonds is 5. The number of hydrogen-bond donors (Lipinski definition) is 2. The Balaban J connectivity index is 0.00000264. The molecule has 0 aromatic heterocycles. The summed E-state index contributed by atoms with van der Waals surface area (Å²) in [7, 11) is 1.84. The minimum Gasteiger partial charge on any atom is -0.373 e. The quantitative estimate of drug-likeness (QED) is 0.377. The summed E-state index contributed by atoms with van der Waals surface area (Å²) >= 11 is 2.08. The third kappa shape index (κ3) is 7.36. The first kappa shape index (κ1) is 21.3. The van der Waals surface area contributed by atoms with Crippen LogP contribution in [-0.4, -0.2) is 73.3 Å². The lowest BCUT2D eigenvalue weighted by molar-refractivity contribution is -0.0852. The van der Waals surface area contributed by atoms with E-state index in [2.05, 4.69) is 53.1 Å². The summed E-state index contributed by atoms with van der Waals surface area (Å²) in [6.45, 7) is 12.4. The molecule has 2 N–H and O–H groups in total. The van der Waals surface area contributed by atoms with Gasteiger partial charge in [0.25, 0.3) is 0 Å². The molecule has 0 aromatic carbocycles. The van der Waals surface area contributed by atoms with E-state index in [-0.39, 0.29) is 29.6 Å². The summed E-state index contributed by atoms with van der Waals surface area (Å²) in [4.78, 5) is 6.79. The van der Waals surface area contributed by atoms with Gasteiger partial charge in [0.2, 0.25) is 0 Å². The topological polar surface area (TPSA) is 48.9 Å².